The number of piperazine rings is 2. The Kier molecular flexibility index (Phi) is 7.75. The number of carbonyl (C=O) groups excluding carboxylic acids is 1. The molecule has 3 heterocycles. The second-order valence-electron chi connectivity index (χ2n) is 11.0. The van der Waals surface area contributed by atoms with Crippen molar-refractivity contribution in [2.24, 2.45) is 0 Å². The highest BCUT2D eigenvalue weighted by atomic mass is 16.5. The summed E-state index contributed by atoms with van der Waals surface area (Å²) >= 11 is 0. The van der Waals surface area contributed by atoms with Crippen LogP contribution in [0.25, 0.3) is 16.8 Å². The fourth-order valence-electron chi connectivity index (χ4n) is 5.87. The van der Waals surface area contributed by atoms with Crippen molar-refractivity contribution in [3.05, 3.63) is 90.2 Å². The van der Waals surface area contributed by atoms with E-state index in [0.717, 1.165) is 74.9 Å². The van der Waals surface area contributed by atoms with Crippen LogP contribution >= 0.6 is 0 Å². The van der Waals surface area contributed by atoms with Crippen molar-refractivity contribution < 1.29 is 9.53 Å². The molecule has 208 valence electrons. The summed E-state index contributed by atoms with van der Waals surface area (Å²) in [6, 6.07) is 27.2. The van der Waals surface area contributed by atoms with Crippen LogP contribution < -0.4 is 9.80 Å². The van der Waals surface area contributed by atoms with Crippen LogP contribution in [-0.4, -0.2) is 100 Å². The van der Waals surface area contributed by atoms with E-state index >= 15 is 0 Å². The maximum Gasteiger partial charge on any atom is 0.295 e. The average Bonchev–Trinajstić information content (AvgIpc) is 3.00. The number of rotatable bonds is 5. The lowest BCUT2D eigenvalue weighted by atomic mass is 10.0. The number of benzene rings is 3. The number of likely N-dealkylation sites (N-methyl/N-ethyl adjacent to an activating group) is 2. The van der Waals surface area contributed by atoms with Crippen LogP contribution in [0.15, 0.2) is 84.6 Å². The first kappa shape index (κ1) is 26.4. The van der Waals surface area contributed by atoms with Gasteiger partial charge in [-0.1, -0.05) is 60.7 Å². The third-order valence-corrected chi connectivity index (χ3v) is 8.32. The van der Waals surface area contributed by atoms with Gasteiger partial charge >= 0.3 is 0 Å². The van der Waals surface area contributed by atoms with Crippen molar-refractivity contribution in [3.8, 4) is 11.1 Å². The molecule has 0 radical (unpaired) electrons. The van der Waals surface area contributed by atoms with Crippen molar-refractivity contribution in [3.63, 3.8) is 0 Å². The van der Waals surface area contributed by atoms with Gasteiger partial charge in [0.2, 0.25) is 5.76 Å². The molecule has 3 fully saturated rings. The highest BCUT2D eigenvalue weighted by Gasteiger charge is 2.34. The fraction of sp³-hybridized carbons (Fsp3) is 0.364. The molecule has 0 aromatic heterocycles. The van der Waals surface area contributed by atoms with Gasteiger partial charge in [-0.2, -0.15) is 0 Å². The number of morpholine rings is 1. The number of ether oxygens (including phenoxy) is 1. The summed E-state index contributed by atoms with van der Waals surface area (Å²) in [5.41, 5.74) is 6.40. The minimum Gasteiger partial charge on any atom is -0.484 e. The summed E-state index contributed by atoms with van der Waals surface area (Å²) in [7, 11) is 4.34. The molecule has 3 aromatic rings. The van der Waals surface area contributed by atoms with Gasteiger partial charge in [0.15, 0.2) is 0 Å². The Balaban J connectivity index is 1.38. The Hall–Kier alpha value is -3.81. The quantitative estimate of drug-likeness (QED) is 0.457. The van der Waals surface area contributed by atoms with Crippen molar-refractivity contribution >= 4 is 23.0 Å². The third kappa shape index (κ3) is 5.44. The summed E-state index contributed by atoms with van der Waals surface area (Å²) in [5, 5.41) is 0. The number of para-hydroxylation sites is 1. The molecule has 0 N–H and O–H groups in total. The average molecular weight is 538 g/mol. The Bertz CT molecular complexity index is 1340. The van der Waals surface area contributed by atoms with Gasteiger partial charge in [0.1, 0.15) is 6.61 Å². The molecule has 3 aliphatic heterocycles. The standard InChI is InChI=1S/C33H39N5O2/c1-34-16-20-36(21-17-34)30-11-7-6-10-29(30)31(37-22-18-35(2)19-23-37)32-33(39)38(24-25-40-32)28-14-12-27(13-15-28)26-8-4-3-5-9-26/h3-15H,16-25H2,1-2H3. The van der Waals surface area contributed by atoms with Gasteiger partial charge in [-0.05, 0) is 43.4 Å². The lowest BCUT2D eigenvalue weighted by Gasteiger charge is -2.40. The second-order valence-corrected chi connectivity index (χ2v) is 11.0. The van der Waals surface area contributed by atoms with E-state index in [2.05, 4.69) is 94.4 Å². The molecule has 0 aliphatic carbocycles. The fourth-order valence-corrected chi connectivity index (χ4v) is 5.87. The van der Waals surface area contributed by atoms with E-state index in [4.69, 9.17) is 4.74 Å². The summed E-state index contributed by atoms with van der Waals surface area (Å²) in [4.78, 5) is 25.6. The number of hydrogen-bond donors (Lipinski definition) is 0. The van der Waals surface area contributed by atoms with Crippen molar-refractivity contribution in [1.82, 2.24) is 14.7 Å². The monoisotopic (exact) mass is 537 g/mol. The van der Waals surface area contributed by atoms with Gasteiger partial charge in [-0.15, -0.1) is 0 Å². The molecule has 0 unspecified atom stereocenters. The molecule has 6 rings (SSSR count). The number of amides is 1. The zero-order valence-corrected chi connectivity index (χ0v) is 23.6. The minimum atomic E-state index is -0.0687. The van der Waals surface area contributed by atoms with Crippen molar-refractivity contribution in [2.75, 3.05) is 89.4 Å². The first-order valence-electron chi connectivity index (χ1n) is 14.4. The highest BCUT2D eigenvalue weighted by Crippen LogP contribution is 2.36. The van der Waals surface area contributed by atoms with Gasteiger partial charge in [0.05, 0.1) is 12.2 Å². The van der Waals surface area contributed by atoms with E-state index in [1.165, 1.54) is 11.3 Å². The van der Waals surface area contributed by atoms with Crippen LogP contribution in [0, 0.1) is 0 Å². The molecule has 3 saturated heterocycles. The van der Waals surface area contributed by atoms with Gasteiger partial charge in [0, 0.05) is 69.3 Å². The zero-order chi connectivity index (χ0) is 27.5. The Morgan fingerprint density at radius 3 is 1.95 bits per heavy atom. The van der Waals surface area contributed by atoms with E-state index in [1.807, 2.05) is 23.1 Å². The molecule has 0 atom stereocenters. The van der Waals surface area contributed by atoms with Crippen LogP contribution in [0.5, 0.6) is 0 Å². The zero-order valence-electron chi connectivity index (χ0n) is 23.6. The molecule has 0 bridgehead atoms. The molecule has 0 spiro atoms. The Labute approximate surface area is 237 Å². The van der Waals surface area contributed by atoms with E-state index in [9.17, 15) is 4.79 Å². The van der Waals surface area contributed by atoms with Crippen molar-refractivity contribution in [2.45, 2.75) is 0 Å². The van der Waals surface area contributed by atoms with Crippen LogP contribution in [0.1, 0.15) is 5.56 Å². The lowest BCUT2D eigenvalue weighted by molar-refractivity contribution is -0.120. The van der Waals surface area contributed by atoms with Crippen LogP contribution in [-0.2, 0) is 9.53 Å². The number of hydrogen-bond acceptors (Lipinski definition) is 6. The van der Waals surface area contributed by atoms with Gasteiger partial charge in [-0.25, -0.2) is 0 Å². The first-order valence-corrected chi connectivity index (χ1v) is 14.4. The number of carbonyl (C=O) groups is 1. The predicted molar refractivity (Wildman–Crippen MR) is 162 cm³/mol. The predicted octanol–water partition coefficient (Wildman–Crippen LogP) is 4.08. The van der Waals surface area contributed by atoms with Crippen LogP contribution in [0.2, 0.25) is 0 Å². The summed E-state index contributed by atoms with van der Waals surface area (Å²) in [6.07, 6.45) is 0. The topological polar surface area (TPSA) is 42.5 Å². The molecular formula is C33H39N5O2. The Morgan fingerprint density at radius 2 is 1.25 bits per heavy atom. The van der Waals surface area contributed by atoms with E-state index in [-0.39, 0.29) is 5.91 Å². The smallest absolute Gasteiger partial charge is 0.295 e. The van der Waals surface area contributed by atoms with E-state index in [0.29, 0.717) is 18.9 Å². The first-order chi connectivity index (χ1) is 19.6. The van der Waals surface area contributed by atoms with E-state index in [1.54, 1.807) is 0 Å². The summed E-state index contributed by atoms with van der Waals surface area (Å²) < 4.78 is 6.30. The molecule has 0 saturated carbocycles. The maximum atomic E-state index is 14.2. The van der Waals surface area contributed by atoms with E-state index < -0.39 is 0 Å². The molecular weight excluding hydrogens is 498 g/mol. The summed E-state index contributed by atoms with van der Waals surface area (Å²) in [6.45, 7) is 8.59. The molecule has 7 nitrogen and oxygen atoms in total. The largest absolute Gasteiger partial charge is 0.484 e. The van der Waals surface area contributed by atoms with Gasteiger partial charge in [0.25, 0.3) is 5.91 Å². The second kappa shape index (κ2) is 11.7. The molecule has 40 heavy (non-hydrogen) atoms. The highest BCUT2D eigenvalue weighted by molar-refractivity contribution is 6.10. The SMILES string of the molecule is CN1CCN(C(=C2OCCN(c3ccc(-c4ccccc4)cc3)C2=O)c2ccccc2N2CCN(C)CC2)CC1. The molecule has 1 amide bonds. The maximum absolute atomic E-state index is 14.2. The van der Waals surface area contributed by atoms with Gasteiger partial charge in [-0.3, -0.25) is 4.79 Å². The van der Waals surface area contributed by atoms with Crippen LogP contribution in [0.4, 0.5) is 11.4 Å². The number of nitrogens with zero attached hydrogens (tertiary/aromatic N) is 5. The molecule has 7 heteroatoms. The Morgan fingerprint density at radius 1 is 0.650 bits per heavy atom. The normalized spacial score (nSPS) is 20.4. The summed E-state index contributed by atoms with van der Waals surface area (Å²) in [5.74, 6) is 0.394. The van der Waals surface area contributed by atoms with Crippen LogP contribution in [0.3, 0.4) is 0 Å². The number of anilines is 2. The lowest BCUT2D eigenvalue weighted by Crippen LogP contribution is -2.47. The minimum absolute atomic E-state index is 0.0687. The molecule has 3 aliphatic rings. The molecule has 3 aromatic carbocycles. The third-order valence-electron chi connectivity index (χ3n) is 8.32. The van der Waals surface area contributed by atoms with Crippen molar-refractivity contribution in [1.29, 1.82) is 0 Å². The van der Waals surface area contributed by atoms with Gasteiger partial charge < -0.3 is 29.2 Å².